The quantitative estimate of drug-likeness (QED) is 0.0530. The SMILES string of the molecule is CC(C)OC1CCCC1.CC(C)OC1CCCCC1.CCC(C)OC.CCCC(C)OC.CCCC(C)OCC.CCCCOCC.CCCOC(C)C.CCCOC(C)CC.CCCOC(C)CCC.CCCOCC.CCOC.CCOC(C)(C)C.CCOC(C)C.CCOC(C)C.CCOC(C)CC.CCOCC.COC(C)C. The van der Waals surface area contributed by atoms with Crippen LogP contribution in [0.4, 0.5) is 0 Å². The molecule has 0 saturated heterocycles. The van der Waals surface area contributed by atoms with Crippen LogP contribution in [0.2, 0.25) is 0 Å². The van der Waals surface area contributed by atoms with E-state index in [1.807, 2.05) is 111 Å². The molecule has 17 heteroatoms. The molecule has 0 aromatic carbocycles. The summed E-state index contributed by atoms with van der Waals surface area (Å²) < 4.78 is 87.1. The Hall–Kier alpha value is -0.680. The standard InChI is InChI=1S/C9H18O.C8H16O.C8H18O.2C7H16O.5C6H14O.4C5H12O.2C4H10O.C3H8O/c1-8(2)10-9-6-4-3-5-7-9;1-7(2)9-8-5-3-4-6-8;1-4-6-8(3)9-7-5-2;1-4-6-7(3)8-5-2;1-4-6-8-7(3)5-2;1-5-7-6(2,3)4;1-4-5-6(2)7-3;1-4-5-7-6(2)3;1-4-6(3)7-5-2;1-3-5-6-7-4-2;1-4-5(2)6-3;2*1-4-6-5(2)3;1-3-5-6-4-2;1-4(2)5-3;1-3-5-4-2;1-3-4-2/h8-9H,3-7H2,1-2H3;7-8H,3-6H2,1-2H3;8H,4-7H2,1-3H3;2*7H,4-6H2,1-3H3;5H2,1-4H3;3*6H,4-5H2,1-3H3;3-6H2,1-2H3;3*5H,4H2,1-3H3;3-5H2,1-2H3;4H,1-3H3;3-4H2,1-2H3;3H2,1-2H3. The zero-order chi connectivity index (χ0) is 94.2. The van der Waals surface area contributed by atoms with E-state index in [2.05, 4.69) is 185 Å². The van der Waals surface area contributed by atoms with Crippen molar-refractivity contribution in [1.82, 2.24) is 0 Å². The van der Waals surface area contributed by atoms with Gasteiger partial charge in [0.05, 0.1) is 91.1 Å². The van der Waals surface area contributed by atoms with E-state index < -0.39 is 0 Å². The lowest BCUT2D eigenvalue weighted by atomic mass is 9.98. The lowest BCUT2D eigenvalue weighted by Gasteiger charge is -2.23. The zero-order valence-electron chi connectivity index (χ0n) is 89.1. The maximum absolute atomic E-state index is 5.69. The van der Waals surface area contributed by atoms with Crippen molar-refractivity contribution in [2.75, 3.05) is 128 Å². The Morgan fingerprint density at radius 1 is 0.248 bits per heavy atom. The topological polar surface area (TPSA) is 157 Å². The van der Waals surface area contributed by atoms with Gasteiger partial charge in [0.25, 0.3) is 0 Å². The molecule has 0 aromatic rings. The summed E-state index contributed by atoms with van der Waals surface area (Å²) in [6.07, 6.45) is 35.9. The molecule has 2 rings (SSSR count). The zero-order valence-corrected chi connectivity index (χ0v) is 89.1. The molecular weight excluding hydrogens is 1470 g/mol. The number of methoxy groups -OCH3 is 4. The summed E-state index contributed by atoms with van der Waals surface area (Å²) in [5.74, 6) is 0. The van der Waals surface area contributed by atoms with E-state index in [0.29, 0.717) is 85.5 Å². The smallest absolute Gasteiger partial charge is 0.0598 e. The van der Waals surface area contributed by atoms with Crippen molar-refractivity contribution in [3.05, 3.63) is 0 Å². The third-order valence-corrected chi connectivity index (χ3v) is 15.3. The first-order valence-corrected chi connectivity index (χ1v) is 48.3. The highest BCUT2D eigenvalue weighted by Gasteiger charge is 2.16. The molecule has 0 heterocycles. The number of ether oxygens (including phenoxy) is 17. The van der Waals surface area contributed by atoms with Crippen LogP contribution in [0.25, 0.3) is 0 Å². The summed E-state index contributed by atoms with van der Waals surface area (Å²) in [6, 6.07) is 0. The van der Waals surface area contributed by atoms with Gasteiger partial charge in [0.2, 0.25) is 0 Å². The molecule has 6 atom stereocenters. The molecule has 0 N–H and O–H groups in total. The van der Waals surface area contributed by atoms with Gasteiger partial charge in [-0.1, -0.05) is 134 Å². The fourth-order valence-corrected chi connectivity index (χ4v) is 8.45. The largest absolute Gasteiger partial charge is 0.385 e. The number of hydrogen-bond acceptors (Lipinski definition) is 17. The van der Waals surface area contributed by atoms with Crippen molar-refractivity contribution in [1.29, 1.82) is 0 Å². The van der Waals surface area contributed by atoms with Crippen LogP contribution in [0.3, 0.4) is 0 Å². The maximum atomic E-state index is 5.69. The summed E-state index contributed by atoms with van der Waals surface area (Å²) >= 11 is 0. The van der Waals surface area contributed by atoms with Gasteiger partial charge in [-0.2, -0.15) is 0 Å². The Labute approximate surface area is 740 Å². The van der Waals surface area contributed by atoms with E-state index in [4.69, 9.17) is 75.8 Å². The monoisotopic (exact) mass is 1700 g/mol. The van der Waals surface area contributed by atoms with E-state index in [9.17, 15) is 0 Å². The maximum Gasteiger partial charge on any atom is 0.0598 e. The van der Waals surface area contributed by atoms with Crippen molar-refractivity contribution in [3.8, 4) is 0 Å². The van der Waals surface area contributed by atoms with Crippen LogP contribution in [0.15, 0.2) is 0 Å². The lowest BCUT2D eigenvalue weighted by Crippen LogP contribution is -2.20. The summed E-state index contributed by atoms with van der Waals surface area (Å²) in [6.45, 7) is 100.0. The Balaban J connectivity index is -0.0000000730. The molecule has 2 aliphatic rings. The van der Waals surface area contributed by atoms with Gasteiger partial charge in [-0.3, -0.25) is 0 Å². The van der Waals surface area contributed by atoms with Crippen LogP contribution in [0.5, 0.6) is 0 Å². The molecule has 2 saturated carbocycles. The molecular formula is C100H230O17. The molecule has 17 nitrogen and oxygen atoms in total. The first-order valence-electron chi connectivity index (χ1n) is 48.3. The van der Waals surface area contributed by atoms with Gasteiger partial charge in [0, 0.05) is 128 Å². The molecule has 0 amide bonds. The van der Waals surface area contributed by atoms with Crippen LogP contribution in [0.1, 0.15) is 445 Å². The van der Waals surface area contributed by atoms with Crippen molar-refractivity contribution in [2.45, 2.75) is 536 Å². The van der Waals surface area contributed by atoms with E-state index >= 15 is 0 Å². The molecule has 732 valence electrons. The Kier molecular flexibility index (Phi) is 182. The van der Waals surface area contributed by atoms with Crippen molar-refractivity contribution < 1.29 is 80.5 Å². The highest BCUT2D eigenvalue weighted by atomic mass is 16.5. The molecule has 117 heavy (non-hydrogen) atoms. The minimum absolute atomic E-state index is 0.0503. The fraction of sp³-hybridized carbons (Fsp3) is 1.00. The second-order valence-electron chi connectivity index (χ2n) is 31.0. The average molecular weight is 1700 g/mol. The summed E-state index contributed by atoms with van der Waals surface area (Å²) in [5, 5.41) is 0. The van der Waals surface area contributed by atoms with Gasteiger partial charge in [0.1, 0.15) is 0 Å². The van der Waals surface area contributed by atoms with Crippen molar-refractivity contribution in [2.24, 2.45) is 0 Å². The van der Waals surface area contributed by atoms with E-state index in [1.165, 1.54) is 109 Å². The van der Waals surface area contributed by atoms with Crippen LogP contribution < -0.4 is 0 Å². The van der Waals surface area contributed by atoms with Gasteiger partial charge in [-0.15, -0.1) is 0 Å². The van der Waals surface area contributed by atoms with Gasteiger partial charge in [0.15, 0.2) is 0 Å². The van der Waals surface area contributed by atoms with Crippen LogP contribution >= 0.6 is 0 Å². The highest BCUT2D eigenvalue weighted by Crippen LogP contribution is 2.22. The first kappa shape index (κ1) is 151. The second-order valence-corrected chi connectivity index (χ2v) is 31.0. The van der Waals surface area contributed by atoms with E-state index in [0.717, 1.165) is 144 Å². The average Bonchev–Trinajstić information content (AvgIpc) is 1.95. The van der Waals surface area contributed by atoms with Crippen LogP contribution in [0, 0.1) is 0 Å². The van der Waals surface area contributed by atoms with Crippen LogP contribution in [-0.2, 0) is 80.5 Å². The fourth-order valence-electron chi connectivity index (χ4n) is 8.45. The Morgan fingerprint density at radius 2 is 0.538 bits per heavy atom. The van der Waals surface area contributed by atoms with Gasteiger partial charge in [-0.05, 0) is 311 Å². The molecule has 6 unspecified atom stereocenters. The molecule has 2 fully saturated rings. The summed E-state index contributed by atoms with van der Waals surface area (Å²) in [5.41, 5.74) is 0.0503. The molecule has 0 bridgehead atoms. The minimum atomic E-state index is 0.0503. The van der Waals surface area contributed by atoms with Gasteiger partial charge < -0.3 is 80.5 Å². The highest BCUT2D eigenvalue weighted by molar-refractivity contribution is 4.68. The Bertz CT molecular complexity index is 1390. The van der Waals surface area contributed by atoms with Crippen molar-refractivity contribution in [3.63, 3.8) is 0 Å². The summed E-state index contributed by atoms with van der Waals surface area (Å²) in [4.78, 5) is 0. The molecule has 2 aliphatic carbocycles. The third-order valence-electron chi connectivity index (χ3n) is 15.3. The van der Waals surface area contributed by atoms with E-state index in [-0.39, 0.29) is 5.60 Å². The van der Waals surface area contributed by atoms with Gasteiger partial charge >= 0.3 is 0 Å². The molecule has 0 aromatic heterocycles. The van der Waals surface area contributed by atoms with Crippen LogP contribution in [-0.4, -0.2) is 219 Å². The number of rotatable bonds is 44. The normalized spacial score (nSPS) is 13.3. The predicted octanol–water partition coefficient (Wildman–Crippen LogP) is 29.7. The van der Waals surface area contributed by atoms with Gasteiger partial charge in [-0.25, -0.2) is 0 Å². The number of hydrogen-bond donors (Lipinski definition) is 0. The predicted molar refractivity (Wildman–Crippen MR) is 520 cm³/mol. The molecule has 0 radical (unpaired) electrons. The number of unbranched alkanes of at least 4 members (excludes halogenated alkanes) is 1. The first-order chi connectivity index (χ1) is 55.2. The summed E-state index contributed by atoms with van der Waals surface area (Å²) in [7, 11) is 6.86. The lowest BCUT2D eigenvalue weighted by molar-refractivity contribution is -0.0118. The second kappa shape index (κ2) is 141. The molecule has 0 aliphatic heterocycles. The Morgan fingerprint density at radius 3 is 0.718 bits per heavy atom. The molecule has 0 spiro atoms. The van der Waals surface area contributed by atoms with E-state index in [1.54, 1.807) is 28.4 Å². The minimum Gasteiger partial charge on any atom is -0.385 e. The van der Waals surface area contributed by atoms with Crippen molar-refractivity contribution >= 4 is 0 Å². The third kappa shape index (κ3) is 224.